The molecule has 2 aromatic carbocycles. The maximum absolute atomic E-state index is 10.8. The number of aryl methyl sites for hydroxylation is 2. The molecule has 0 heterocycles. The van der Waals surface area contributed by atoms with Crippen LogP contribution in [-0.2, 0) is 12.8 Å². The lowest BCUT2D eigenvalue weighted by Gasteiger charge is -2.21. The Hall–Kier alpha value is -1.96. The summed E-state index contributed by atoms with van der Waals surface area (Å²) in [5, 5.41) is 21.6. The van der Waals surface area contributed by atoms with Crippen molar-refractivity contribution in [3.05, 3.63) is 58.7 Å². The Morgan fingerprint density at radius 2 is 0.681 bits per heavy atom. The summed E-state index contributed by atoms with van der Waals surface area (Å²) >= 11 is 0. The van der Waals surface area contributed by atoms with Crippen molar-refractivity contribution in [2.75, 3.05) is 0 Å². The zero-order valence-corrected chi connectivity index (χ0v) is 31.4. The van der Waals surface area contributed by atoms with E-state index in [1.807, 2.05) is 12.1 Å². The van der Waals surface area contributed by atoms with Crippen LogP contribution in [0.15, 0.2) is 36.4 Å². The smallest absolute Gasteiger partial charge is 0.118 e. The van der Waals surface area contributed by atoms with Crippen LogP contribution in [0.1, 0.15) is 222 Å². The molecule has 47 heavy (non-hydrogen) atoms. The Labute approximate surface area is 292 Å². The first-order valence-electron chi connectivity index (χ1n) is 20.7. The van der Waals surface area contributed by atoms with Crippen LogP contribution in [0.2, 0.25) is 0 Å². The van der Waals surface area contributed by atoms with Crippen molar-refractivity contribution in [2.24, 2.45) is 0 Å². The third-order valence-electron chi connectivity index (χ3n) is 10.5. The molecule has 0 spiro atoms. The summed E-state index contributed by atoms with van der Waals surface area (Å²) in [6, 6.07) is 12.8. The third kappa shape index (κ3) is 19.0. The van der Waals surface area contributed by atoms with E-state index in [1.54, 1.807) is 0 Å². The van der Waals surface area contributed by atoms with Crippen molar-refractivity contribution in [2.45, 2.75) is 213 Å². The van der Waals surface area contributed by atoms with Crippen molar-refractivity contribution >= 4 is 0 Å². The van der Waals surface area contributed by atoms with Gasteiger partial charge in [0.2, 0.25) is 0 Å². The molecular formula is C45H76O2. The van der Waals surface area contributed by atoms with Gasteiger partial charge in [0.25, 0.3) is 0 Å². The zero-order chi connectivity index (χ0) is 33.8. The third-order valence-corrected chi connectivity index (χ3v) is 10.5. The van der Waals surface area contributed by atoms with Gasteiger partial charge in [-0.1, -0.05) is 199 Å². The average molecular weight is 649 g/mol. The minimum Gasteiger partial charge on any atom is -0.508 e. The minimum absolute atomic E-state index is 0.305. The SMILES string of the molecule is CCCCCCCCCCCCCCC(c1ccc(O)c(CCCCCCCCC)c1)c1ccc(O)c(CCCCCCCCC)c1. The van der Waals surface area contributed by atoms with Gasteiger partial charge in [0, 0.05) is 5.92 Å². The number of hydrogen-bond donors (Lipinski definition) is 2. The molecule has 268 valence electrons. The van der Waals surface area contributed by atoms with Crippen LogP contribution < -0.4 is 0 Å². The van der Waals surface area contributed by atoms with Gasteiger partial charge in [0.15, 0.2) is 0 Å². The van der Waals surface area contributed by atoms with E-state index in [1.165, 1.54) is 165 Å². The Morgan fingerprint density at radius 3 is 1.02 bits per heavy atom. The molecule has 2 aromatic rings. The molecule has 0 aliphatic heterocycles. The molecule has 0 atom stereocenters. The van der Waals surface area contributed by atoms with E-state index in [2.05, 4.69) is 45.0 Å². The lowest BCUT2D eigenvalue weighted by molar-refractivity contribution is 0.464. The highest BCUT2D eigenvalue weighted by molar-refractivity contribution is 5.44. The molecule has 0 unspecified atom stereocenters. The fourth-order valence-electron chi connectivity index (χ4n) is 7.31. The number of rotatable bonds is 31. The molecule has 0 saturated heterocycles. The first kappa shape index (κ1) is 41.2. The number of phenolic OH excluding ortho intramolecular Hbond substituents is 2. The standard InChI is InChI=1S/C45H76O2/c1-4-7-10-13-16-17-18-19-20-23-26-29-32-43(39-33-35-44(46)41(37-39)30-27-24-21-14-11-8-5-2)40-34-36-45(47)42(38-40)31-28-25-22-15-12-9-6-3/h33-38,43,46-47H,4-32H2,1-3H3. The van der Waals surface area contributed by atoms with Gasteiger partial charge in [-0.3, -0.25) is 0 Å². The fourth-order valence-corrected chi connectivity index (χ4v) is 7.31. The van der Waals surface area contributed by atoms with E-state index in [-0.39, 0.29) is 0 Å². The molecule has 0 saturated carbocycles. The van der Waals surface area contributed by atoms with E-state index in [9.17, 15) is 10.2 Å². The van der Waals surface area contributed by atoms with Crippen molar-refractivity contribution in [3.63, 3.8) is 0 Å². The van der Waals surface area contributed by atoms with E-state index < -0.39 is 0 Å². The topological polar surface area (TPSA) is 40.5 Å². The fraction of sp³-hybridized carbons (Fsp3) is 0.733. The second-order valence-corrected chi connectivity index (χ2v) is 14.7. The van der Waals surface area contributed by atoms with E-state index in [4.69, 9.17) is 0 Å². The largest absolute Gasteiger partial charge is 0.508 e. The van der Waals surface area contributed by atoms with Crippen molar-refractivity contribution in [3.8, 4) is 11.5 Å². The first-order valence-corrected chi connectivity index (χ1v) is 20.7. The summed E-state index contributed by atoms with van der Waals surface area (Å²) in [4.78, 5) is 0. The van der Waals surface area contributed by atoms with Crippen LogP contribution >= 0.6 is 0 Å². The normalized spacial score (nSPS) is 11.6. The summed E-state index contributed by atoms with van der Waals surface area (Å²) in [6.07, 6.45) is 37.5. The zero-order valence-electron chi connectivity index (χ0n) is 31.4. The maximum Gasteiger partial charge on any atom is 0.118 e. The minimum atomic E-state index is 0.305. The summed E-state index contributed by atoms with van der Waals surface area (Å²) in [5.74, 6) is 1.21. The second-order valence-electron chi connectivity index (χ2n) is 14.7. The summed E-state index contributed by atoms with van der Waals surface area (Å²) in [7, 11) is 0. The van der Waals surface area contributed by atoms with Gasteiger partial charge in [-0.25, -0.2) is 0 Å². The predicted molar refractivity (Wildman–Crippen MR) is 207 cm³/mol. The molecule has 2 N–H and O–H groups in total. The van der Waals surface area contributed by atoms with Gasteiger partial charge in [-0.2, -0.15) is 0 Å². The Bertz CT molecular complexity index is 944. The Morgan fingerprint density at radius 1 is 0.383 bits per heavy atom. The number of phenols is 2. The Kier molecular flexibility index (Phi) is 24.5. The van der Waals surface area contributed by atoms with Crippen LogP contribution in [0, 0.1) is 0 Å². The number of hydrogen-bond acceptors (Lipinski definition) is 2. The molecule has 2 heteroatoms. The number of benzene rings is 2. The second kappa shape index (κ2) is 27.9. The van der Waals surface area contributed by atoms with Gasteiger partial charge in [-0.15, -0.1) is 0 Å². The summed E-state index contributed by atoms with van der Waals surface area (Å²) in [6.45, 7) is 6.84. The number of aromatic hydroxyl groups is 2. The van der Waals surface area contributed by atoms with Crippen LogP contribution in [-0.4, -0.2) is 10.2 Å². The van der Waals surface area contributed by atoms with Gasteiger partial charge in [0.05, 0.1) is 0 Å². The first-order chi connectivity index (χ1) is 23.1. The molecule has 0 aliphatic carbocycles. The Balaban J connectivity index is 2.00. The highest BCUT2D eigenvalue weighted by Gasteiger charge is 2.18. The van der Waals surface area contributed by atoms with Gasteiger partial charge in [0.1, 0.15) is 11.5 Å². The molecule has 2 nitrogen and oxygen atoms in total. The molecule has 0 fully saturated rings. The van der Waals surface area contributed by atoms with E-state index in [0.29, 0.717) is 17.4 Å². The van der Waals surface area contributed by atoms with Crippen molar-refractivity contribution in [1.82, 2.24) is 0 Å². The average Bonchev–Trinajstić information content (AvgIpc) is 3.08. The lowest BCUT2D eigenvalue weighted by atomic mass is 9.84. The summed E-state index contributed by atoms with van der Waals surface area (Å²) < 4.78 is 0. The lowest BCUT2D eigenvalue weighted by Crippen LogP contribution is -2.04. The summed E-state index contributed by atoms with van der Waals surface area (Å²) in [5.41, 5.74) is 4.88. The van der Waals surface area contributed by atoms with Crippen LogP contribution in [0.4, 0.5) is 0 Å². The van der Waals surface area contributed by atoms with Gasteiger partial charge >= 0.3 is 0 Å². The van der Waals surface area contributed by atoms with Gasteiger partial charge < -0.3 is 10.2 Å². The molecule has 0 radical (unpaired) electrons. The van der Waals surface area contributed by atoms with Crippen molar-refractivity contribution < 1.29 is 10.2 Å². The molecule has 0 aromatic heterocycles. The number of unbranched alkanes of at least 4 members (excludes halogenated alkanes) is 23. The highest BCUT2D eigenvalue weighted by atomic mass is 16.3. The van der Waals surface area contributed by atoms with E-state index >= 15 is 0 Å². The molecule has 0 aliphatic rings. The highest BCUT2D eigenvalue weighted by Crippen LogP contribution is 2.36. The molecular weight excluding hydrogens is 572 g/mol. The van der Waals surface area contributed by atoms with E-state index in [0.717, 1.165) is 43.2 Å². The quantitative estimate of drug-likeness (QED) is 0.0799. The predicted octanol–water partition coefficient (Wildman–Crippen LogP) is 14.9. The van der Waals surface area contributed by atoms with Gasteiger partial charge in [-0.05, 0) is 66.5 Å². The van der Waals surface area contributed by atoms with Crippen LogP contribution in [0.25, 0.3) is 0 Å². The van der Waals surface area contributed by atoms with Crippen LogP contribution in [0.5, 0.6) is 11.5 Å². The molecule has 2 rings (SSSR count). The monoisotopic (exact) mass is 649 g/mol. The van der Waals surface area contributed by atoms with Crippen LogP contribution in [0.3, 0.4) is 0 Å². The van der Waals surface area contributed by atoms with Crippen molar-refractivity contribution in [1.29, 1.82) is 0 Å². The molecule has 0 bridgehead atoms. The maximum atomic E-state index is 10.8. The molecule has 0 amide bonds.